The molecule has 0 fully saturated rings. The van der Waals surface area contributed by atoms with Crippen LogP contribution in [0.15, 0.2) is 53.0 Å². The molecule has 0 N–H and O–H groups in total. The maximum absolute atomic E-state index is 12.8. The fourth-order valence-electron chi connectivity index (χ4n) is 1.51. The van der Waals surface area contributed by atoms with Crippen molar-refractivity contribution >= 4 is 15.9 Å². The molecule has 0 spiro atoms. The van der Waals surface area contributed by atoms with E-state index in [2.05, 4.69) is 27.8 Å². The van der Waals surface area contributed by atoms with E-state index in [9.17, 15) is 13.2 Å². The van der Waals surface area contributed by atoms with Crippen molar-refractivity contribution in [3.8, 4) is 11.8 Å². The quantitative estimate of drug-likeness (QED) is 0.606. The van der Waals surface area contributed by atoms with Gasteiger partial charge in [0.05, 0.1) is 5.56 Å². The minimum absolute atomic E-state index is 0.0158. The Kier molecular flexibility index (Phi) is 3.96. The molecule has 0 aromatic heterocycles. The van der Waals surface area contributed by atoms with Crippen molar-refractivity contribution in [3.63, 3.8) is 0 Å². The van der Waals surface area contributed by atoms with Crippen molar-refractivity contribution in [2.24, 2.45) is 0 Å². The molecule has 0 atom stereocenters. The van der Waals surface area contributed by atoms with Crippen LogP contribution in [-0.2, 0) is 6.18 Å². The first-order valence-electron chi connectivity index (χ1n) is 5.40. The highest BCUT2D eigenvalue weighted by Gasteiger charge is 2.32. The molecule has 0 heterocycles. The zero-order valence-corrected chi connectivity index (χ0v) is 11.2. The molecular formula is C15H8BrF3. The van der Waals surface area contributed by atoms with E-state index in [1.807, 2.05) is 0 Å². The Balaban J connectivity index is 2.37. The average molecular weight is 325 g/mol. The lowest BCUT2D eigenvalue weighted by atomic mass is 10.1. The van der Waals surface area contributed by atoms with Gasteiger partial charge in [-0.15, -0.1) is 0 Å². The number of alkyl halides is 3. The lowest BCUT2D eigenvalue weighted by molar-refractivity contribution is -0.137. The van der Waals surface area contributed by atoms with Crippen LogP contribution >= 0.6 is 15.9 Å². The molecule has 19 heavy (non-hydrogen) atoms. The molecular weight excluding hydrogens is 317 g/mol. The van der Waals surface area contributed by atoms with Gasteiger partial charge in [0.25, 0.3) is 0 Å². The Hall–Kier alpha value is -1.73. The molecule has 0 nitrogen and oxygen atoms in total. The summed E-state index contributed by atoms with van der Waals surface area (Å²) in [6.45, 7) is 0. The van der Waals surface area contributed by atoms with Crippen LogP contribution in [-0.4, -0.2) is 0 Å². The molecule has 0 saturated carbocycles. The number of hydrogen-bond donors (Lipinski definition) is 0. The standard InChI is InChI=1S/C15H8BrF3/c16-13-9-6-11(7-10-13)5-8-12-3-1-2-4-14(12)15(17,18)19/h1-4,6-7,9-10H. The third kappa shape index (κ3) is 3.62. The minimum Gasteiger partial charge on any atom is -0.166 e. The second-order valence-electron chi connectivity index (χ2n) is 3.80. The fraction of sp³-hybridized carbons (Fsp3) is 0.0667. The summed E-state index contributed by atoms with van der Waals surface area (Å²) in [5.74, 6) is 5.30. The molecule has 4 heteroatoms. The van der Waals surface area contributed by atoms with Gasteiger partial charge >= 0.3 is 6.18 Å². The van der Waals surface area contributed by atoms with Gasteiger partial charge in [0, 0.05) is 15.6 Å². The Morgan fingerprint density at radius 2 is 1.47 bits per heavy atom. The second kappa shape index (κ2) is 5.50. The van der Waals surface area contributed by atoms with Crippen LogP contribution in [0.4, 0.5) is 13.2 Å². The van der Waals surface area contributed by atoms with Crippen molar-refractivity contribution in [3.05, 3.63) is 69.7 Å². The van der Waals surface area contributed by atoms with E-state index in [-0.39, 0.29) is 5.56 Å². The van der Waals surface area contributed by atoms with E-state index in [1.165, 1.54) is 12.1 Å². The van der Waals surface area contributed by atoms with Crippen molar-refractivity contribution < 1.29 is 13.2 Å². The molecule has 0 aliphatic heterocycles. The molecule has 0 amide bonds. The third-order valence-corrected chi connectivity index (χ3v) is 2.95. The van der Waals surface area contributed by atoms with Gasteiger partial charge in [0.1, 0.15) is 0 Å². The van der Waals surface area contributed by atoms with Crippen LogP contribution in [0.2, 0.25) is 0 Å². The summed E-state index contributed by atoms with van der Waals surface area (Å²) in [4.78, 5) is 0. The molecule has 96 valence electrons. The van der Waals surface area contributed by atoms with E-state index in [4.69, 9.17) is 0 Å². The van der Waals surface area contributed by atoms with Crippen LogP contribution in [0.3, 0.4) is 0 Å². The molecule has 0 aliphatic rings. The normalized spacial score (nSPS) is 10.7. The average Bonchev–Trinajstić information content (AvgIpc) is 2.37. The first-order chi connectivity index (χ1) is 8.97. The largest absolute Gasteiger partial charge is 0.417 e. The Bertz CT molecular complexity index is 631. The maximum Gasteiger partial charge on any atom is 0.417 e. The summed E-state index contributed by atoms with van der Waals surface area (Å²) in [7, 11) is 0. The first-order valence-corrected chi connectivity index (χ1v) is 6.20. The van der Waals surface area contributed by atoms with Gasteiger partial charge in [-0.1, -0.05) is 39.9 Å². The monoisotopic (exact) mass is 324 g/mol. The van der Waals surface area contributed by atoms with Gasteiger partial charge in [-0.25, -0.2) is 0 Å². The van der Waals surface area contributed by atoms with Crippen molar-refractivity contribution in [1.29, 1.82) is 0 Å². The molecule has 0 bridgehead atoms. The van der Waals surface area contributed by atoms with Crippen molar-refractivity contribution in [2.75, 3.05) is 0 Å². The summed E-state index contributed by atoms with van der Waals surface area (Å²) in [5.41, 5.74) is -0.0577. The highest BCUT2D eigenvalue weighted by molar-refractivity contribution is 9.10. The van der Waals surface area contributed by atoms with Crippen LogP contribution in [0.25, 0.3) is 0 Å². The third-order valence-electron chi connectivity index (χ3n) is 2.42. The SMILES string of the molecule is FC(F)(F)c1ccccc1C#Cc1ccc(Br)cc1. The first kappa shape index (κ1) is 13.7. The van der Waals surface area contributed by atoms with Crippen LogP contribution < -0.4 is 0 Å². The van der Waals surface area contributed by atoms with Crippen LogP contribution in [0.1, 0.15) is 16.7 Å². The molecule has 2 rings (SSSR count). The van der Waals surface area contributed by atoms with Gasteiger partial charge in [0.2, 0.25) is 0 Å². The van der Waals surface area contributed by atoms with E-state index < -0.39 is 11.7 Å². The van der Waals surface area contributed by atoms with Crippen LogP contribution in [0, 0.1) is 11.8 Å². The van der Waals surface area contributed by atoms with E-state index in [0.717, 1.165) is 10.5 Å². The number of benzene rings is 2. The van der Waals surface area contributed by atoms with Gasteiger partial charge in [0.15, 0.2) is 0 Å². The molecule has 0 aliphatic carbocycles. The summed E-state index contributed by atoms with van der Waals surface area (Å²) in [5, 5.41) is 0. The van der Waals surface area contributed by atoms with Crippen LogP contribution in [0.5, 0.6) is 0 Å². The summed E-state index contributed by atoms with van der Waals surface area (Å²) >= 11 is 3.28. The highest BCUT2D eigenvalue weighted by Crippen LogP contribution is 2.31. The Morgan fingerprint density at radius 3 is 2.11 bits per heavy atom. The maximum atomic E-state index is 12.8. The smallest absolute Gasteiger partial charge is 0.166 e. The van der Waals surface area contributed by atoms with E-state index >= 15 is 0 Å². The number of hydrogen-bond acceptors (Lipinski definition) is 0. The zero-order valence-electron chi connectivity index (χ0n) is 9.63. The van der Waals surface area contributed by atoms with Gasteiger partial charge < -0.3 is 0 Å². The summed E-state index contributed by atoms with van der Waals surface area (Å²) < 4.78 is 39.2. The molecule has 0 unspecified atom stereocenters. The predicted molar refractivity (Wildman–Crippen MR) is 71.6 cm³/mol. The predicted octanol–water partition coefficient (Wildman–Crippen LogP) is 4.87. The van der Waals surface area contributed by atoms with Gasteiger partial charge in [-0.05, 0) is 36.4 Å². The molecule has 2 aromatic rings. The summed E-state index contributed by atoms with van der Waals surface area (Å²) in [6.07, 6.45) is -4.38. The Morgan fingerprint density at radius 1 is 0.842 bits per heavy atom. The number of rotatable bonds is 0. The van der Waals surface area contributed by atoms with Crippen molar-refractivity contribution in [2.45, 2.75) is 6.18 Å². The van der Waals surface area contributed by atoms with Crippen molar-refractivity contribution in [1.82, 2.24) is 0 Å². The minimum atomic E-state index is -4.38. The summed E-state index contributed by atoms with van der Waals surface area (Å²) in [6, 6.07) is 12.4. The lowest BCUT2D eigenvalue weighted by Crippen LogP contribution is -2.07. The molecule has 0 radical (unpaired) electrons. The highest BCUT2D eigenvalue weighted by atomic mass is 79.9. The fourth-order valence-corrected chi connectivity index (χ4v) is 1.78. The lowest BCUT2D eigenvalue weighted by Gasteiger charge is -2.08. The molecule has 0 saturated heterocycles. The zero-order chi connectivity index (χ0) is 13.9. The molecule has 2 aromatic carbocycles. The van der Waals surface area contributed by atoms with E-state index in [1.54, 1.807) is 30.3 Å². The van der Waals surface area contributed by atoms with Gasteiger partial charge in [-0.3, -0.25) is 0 Å². The topological polar surface area (TPSA) is 0 Å². The van der Waals surface area contributed by atoms with Gasteiger partial charge in [-0.2, -0.15) is 13.2 Å². The van der Waals surface area contributed by atoms with E-state index in [0.29, 0.717) is 5.56 Å². The number of halogens is 4. The second-order valence-corrected chi connectivity index (χ2v) is 4.72. The Labute approximate surface area is 117 Å².